The number of halogens is 1. The summed E-state index contributed by atoms with van der Waals surface area (Å²) in [5.74, 6) is 0.695. The highest BCUT2D eigenvalue weighted by Gasteiger charge is 2.23. The summed E-state index contributed by atoms with van der Waals surface area (Å²) < 4.78 is 10.7. The fourth-order valence-corrected chi connectivity index (χ4v) is 1.99. The Morgan fingerprint density at radius 3 is 3.00 bits per heavy atom. The van der Waals surface area contributed by atoms with Crippen LogP contribution in [0.2, 0.25) is 5.02 Å². The molecule has 3 rings (SSSR count). The van der Waals surface area contributed by atoms with Crippen LogP contribution in [0.3, 0.4) is 0 Å². The van der Waals surface area contributed by atoms with Crippen LogP contribution in [0.4, 0.5) is 0 Å². The fraction of sp³-hybridized carbons (Fsp3) is 0.308. The lowest BCUT2D eigenvalue weighted by atomic mass is 10.2. The molecule has 88 valence electrons. The van der Waals surface area contributed by atoms with Gasteiger partial charge in [-0.3, -0.25) is 4.98 Å². The molecule has 1 aliphatic rings. The lowest BCUT2D eigenvalue weighted by molar-refractivity contribution is 0.263. The summed E-state index contributed by atoms with van der Waals surface area (Å²) in [4.78, 5) is 4.42. The molecule has 17 heavy (non-hydrogen) atoms. The molecule has 3 nitrogen and oxygen atoms in total. The van der Waals surface area contributed by atoms with E-state index in [1.165, 1.54) is 0 Å². The van der Waals surface area contributed by atoms with E-state index in [-0.39, 0.29) is 6.10 Å². The second-order valence-electron chi connectivity index (χ2n) is 4.16. The summed E-state index contributed by atoms with van der Waals surface area (Å²) in [6.07, 6.45) is 0.234. The van der Waals surface area contributed by atoms with Crippen molar-refractivity contribution in [2.45, 2.75) is 13.0 Å². The molecule has 1 aliphatic heterocycles. The number of hydrogen-bond donors (Lipinski definition) is 0. The van der Waals surface area contributed by atoms with Gasteiger partial charge >= 0.3 is 0 Å². The van der Waals surface area contributed by atoms with E-state index in [1.807, 2.05) is 31.2 Å². The van der Waals surface area contributed by atoms with Crippen LogP contribution >= 0.6 is 11.6 Å². The summed E-state index contributed by atoms with van der Waals surface area (Å²) in [6.45, 7) is 3.30. The lowest BCUT2D eigenvalue weighted by Gasteiger charge is -2.08. The standard InChI is InChI=1S/C13H12ClNO2/c1-8-2-3-10-11(15-8)4-5-12(13(10)14)17-7-9-6-16-9/h2-5,9H,6-7H2,1H3. The number of hydrogen-bond acceptors (Lipinski definition) is 3. The number of nitrogens with zero attached hydrogens (tertiary/aromatic N) is 1. The van der Waals surface area contributed by atoms with Crippen LogP contribution in [0.15, 0.2) is 24.3 Å². The number of aryl methyl sites for hydroxylation is 1. The van der Waals surface area contributed by atoms with Crippen LogP contribution < -0.4 is 4.74 Å². The van der Waals surface area contributed by atoms with E-state index in [0.717, 1.165) is 23.2 Å². The molecule has 1 aromatic carbocycles. The number of aromatic nitrogens is 1. The zero-order valence-electron chi connectivity index (χ0n) is 9.44. The van der Waals surface area contributed by atoms with Crippen LogP contribution in [-0.2, 0) is 4.74 Å². The zero-order valence-corrected chi connectivity index (χ0v) is 10.2. The first-order chi connectivity index (χ1) is 8.24. The third-order valence-electron chi connectivity index (χ3n) is 2.74. The topological polar surface area (TPSA) is 34.6 Å². The summed E-state index contributed by atoms with van der Waals surface area (Å²) in [5, 5.41) is 1.54. The highest BCUT2D eigenvalue weighted by Crippen LogP contribution is 2.32. The summed E-state index contributed by atoms with van der Waals surface area (Å²) in [5.41, 5.74) is 1.87. The average Bonchev–Trinajstić information content (AvgIpc) is 3.12. The second-order valence-corrected chi connectivity index (χ2v) is 4.54. The van der Waals surface area contributed by atoms with Crippen LogP contribution in [0, 0.1) is 6.92 Å². The van der Waals surface area contributed by atoms with Gasteiger partial charge in [0.25, 0.3) is 0 Å². The minimum Gasteiger partial charge on any atom is -0.489 e. The first kappa shape index (κ1) is 10.8. The van der Waals surface area contributed by atoms with Gasteiger partial charge in [-0.2, -0.15) is 0 Å². The van der Waals surface area contributed by atoms with Crippen molar-refractivity contribution in [1.29, 1.82) is 0 Å². The molecular weight excluding hydrogens is 238 g/mol. The summed E-state index contributed by atoms with van der Waals surface area (Å²) >= 11 is 6.29. The van der Waals surface area contributed by atoms with Crippen molar-refractivity contribution < 1.29 is 9.47 Å². The predicted molar refractivity (Wildman–Crippen MR) is 66.7 cm³/mol. The maximum atomic E-state index is 6.29. The molecule has 0 saturated carbocycles. The van der Waals surface area contributed by atoms with Gasteiger partial charge in [-0.05, 0) is 31.2 Å². The number of benzene rings is 1. The molecule has 0 spiro atoms. The van der Waals surface area contributed by atoms with Crippen molar-refractivity contribution in [2.24, 2.45) is 0 Å². The number of ether oxygens (including phenoxy) is 2. The largest absolute Gasteiger partial charge is 0.489 e. The molecule has 1 saturated heterocycles. The number of epoxide rings is 1. The first-order valence-electron chi connectivity index (χ1n) is 5.54. The summed E-state index contributed by atoms with van der Waals surface area (Å²) in [6, 6.07) is 7.71. The average molecular weight is 250 g/mol. The van der Waals surface area contributed by atoms with E-state index in [1.54, 1.807) is 0 Å². The van der Waals surface area contributed by atoms with Gasteiger partial charge in [0.05, 0.1) is 17.1 Å². The second kappa shape index (κ2) is 4.17. The van der Waals surface area contributed by atoms with Crippen LogP contribution in [0.5, 0.6) is 5.75 Å². The van der Waals surface area contributed by atoms with Crippen LogP contribution in [0.1, 0.15) is 5.69 Å². The summed E-state index contributed by atoms with van der Waals surface area (Å²) in [7, 11) is 0. The lowest BCUT2D eigenvalue weighted by Crippen LogP contribution is -2.04. The van der Waals surface area contributed by atoms with E-state index in [4.69, 9.17) is 21.1 Å². The molecule has 0 aliphatic carbocycles. The Morgan fingerprint density at radius 2 is 2.24 bits per heavy atom. The Labute approximate surface area is 104 Å². The van der Waals surface area contributed by atoms with Gasteiger partial charge in [0.15, 0.2) is 0 Å². The van der Waals surface area contributed by atoms with Crippen molar-refractivity contribution in [2.75, 3.05) is 13.2 Å². The van der Waals surface area contributed by atoms with Gasteiger partial charge in [-0.15, -0.1) is 0 Å². The highest BCUT2D eigenvalue weighted by atomic mass is 35.5. The predicted octanol–water partition coefficient (Wildman–Crippen LogP) is 2.97. The number of pyridine rings is 1. The number of rotatable bonds is 3. The molecule has 1 aromatic heterocycles. The van der Waals surface area contributed by atoms with Gasteiger partial charge in [0.1, 0.15) is 18.5 Å². The molecule has 0 radical (unpaired) electrons. The van der Waals surface area contributed by atoms with Gasteiger partial charge in [-0.25, -0.2) is 0 Å². The smallest absolute Gasteiger partial charge is 0.138 e. The van der Waals surface area contributed by atoms with E-state index in [2.05, 4.69) is 4.98 Å². The van der Waals surface area contributed by atoms with Crippen molar-refractivity contribution >= 4 is 22.5 Å². The molecule has 4 heteroatoms. The van der Waals surface area contributed by atoms with Gasteiger partial charge in [0.2, 0.25) is 0 Å². The minimum absolute atomic E-state index is 0.234. The number of fused-ring (bicyclic) bond motifs is 1. The van der Waals surface area contributed by atoms with Crippen molar-refractivity contribution in [1.82, 2.24) is 4.98 Å². The quantitative estimate of drug-likeness (QED) is 0.785. The normalized spacial score (nSPS) is 18.4. The fourth-order valence-electron chi connectivity index (χ4n) is 1.71. The van der Waals surface area contributed by atoms with Crippen molar-refractivity contribution in [3.05, 3.63) is 35.0 Å². The molecule has 1 unspecified atom stereocenters. The molecule has 0 bridgehead atoms. The Hall–Kier alpha value is -1.32. The van der Waals surface area contributed by atoms with Crippen molar-refractivity contribution in [3.8, 4) is 5.75 Å². The van der Waals surface area contributed by atoms with Gasteiger partial charge < -0.3 is 9.47 Å². The van der Waals surface area contributed by atoms with E-state index < -0.39 is 0 Å². The van der Waals surface area contributed by atoms with Gasteiger partial charge in [0, 0.05) is 11.1 Å². The monoisotopic (exact) mass is 249 g/mol. The maximum absolute atomic E-state index is 6.29. The highest BCUT2D eigenvalue weighted by molar-refractivity contribution is 6.36. The Bertz CT molecular complexity index is 567. The van der Waals surface area contributed by atoms with Gasteiger partial charge in [-0.1, -0.05) is 11.6 Å². The Kier molecular flexibility index (Phi) is 2.65. The van der Waals surface area contributed by atoms with E-state index in [0.29, 0.717) is 17.4 Å². The van der Waals surface area contributed by atoms with Crippen LogP contribution in [-0.4, -0.2) is 24.3 Å². The molecule has 1 atom stereocenters. The minimum atomic E-state index is 0.234. The molecule has 2 heterocycles. The SMILES string of the molecule is Cc1ccc2c(Cl)c(OCC3CO3)ccc2n1. The van der Waals surface area contributed by atoms with Crippen molar-refractivity contribution in [3.63, 3.8) is 0 Å². The molecular formula is C13H12ClNO2. The molecule has 2 aromatic rings. The Morgan fingerprint density at radius 1 is 1.41 bits per heavy atom. The maximum Gasteiger partial charge on any atom is 0.138 e. The molecule has 0 amide bonds. The molecule has 1 fully saturated rings. The zero-order chi connectivity index (χ0) is 11.8. The first-order valence-corrected chi connectivity index (χ1v) is 5.92. The van der Waals surface area contributed by atoms with E-state index in [9.17, 15) is 0 Å². The van der Waals surface area contributed by atoms with Crippen LogP contribution in [0.25, 0.3) is 10.9 Å². The third kappa shape index (κ3) is 2.21. The third-order valence-corrected chi connectivity index (χ3v) is 3.13. The van der Waals surface area contributed by atoms with E-state index >= 15 is 0 Å². The Balaban J connectivity index is 1.96. The molecule has 0 N–H and O–H groups in total.